The van der Waals surface area contributed by atoms with Crippen molar-refractivity contribution in [3.05, 3.63) is 63.0 Å². The van der Waals surface area contributed by atoms with Crippen LogP contribution in [0.1, 0.15) is 16.7 Å². The second-order valence-corrected chi connectivity index (χ2v) is 7.08. The van der Waals surface area contributed by atoms with Crippen LogP contribution < -0.4 is 10.1 Å². The van der Waals surface area contributed by atoms with Gasteiger partial charge in [-0.3, -0.25) is 4.79 Å². The normalized spacial score (nSPS) is 17.2. The predicted molar refractivity (Wildman–Crippen MR) is 105 cm³/mol. The molecule has 0 atom stereocenters. The van der Waals surface area contributed by atoms with E-state index < -0.39 is 0 Å². The Balaban J connectivity index is 1.84. The Morgan fingerprint density at radius 2 is 1.92 bits per heavy atom. The van der Waals surface area contributed by atoms with Crippen molar-refractivity contribution in [1.29, 1.82) is 0 Å². The minimum atomic E-state index is -0.165. The summed E-state index contributed by atoms with van der Waals surface area (Å²) < 4.78 is 5.33. The maximum absolute atomic E-state index is 12.2. The number of nitrogens with zero attached hydrogens (tertiary/aromatic N) is 1. The quantitative estimate of drug-likeness (QED) is 0.783. The van der Waals surface area contributed by atoms with Crippen molar-refractivity contribution in [3.63, 3.8) is 0 Å². The highest BCUT2D eigenvalue weighted by molar-refractivity contribution is 8.18. The summed E-state index contributed by atoms with van der Waals surface area (Å²) in [6.07, 6.45) is 1.83. The number of benzene rings is 2. The van der Waals surface area contributed by atoms with Gasteiger partial charge in [0.2, 0.25) is 0 Å². The lowest BCUT2D eigenvalue weighted by Gasteiger charge is -2.05. The van der Waals surface area contributed by atoms with E-state index >= 15 is 0 Å². The van der Waals surface area contributed by atoms with Crippen molar-refractivity contribution in [2.75, 3.05) is 7.11 Å². The molecule has 2 aromatic rings. The first-order chi connectivity index (χ1) is 12.0. The van der Waals surface area contributed by atoms with Gasteiger partial charge in [0, 0.05) is 5.02 Å². The van der Waals surface area contributed by atoms with E-state index in [4.69, 9.17) is 16.3 Å². The van der Waals surface area contributed by atoms with Crippen LogP contribution in [0.15, 0.2) is 46.3 Å². The number of ether oxygens (including phenoxy) is 1. The molecular weight excluding hydrogens is 356 g/mol. The Bertz CT molecular complexity index is 906. The van der Waals surface area contributed by atoms with Gasteiger partial charge in [-0.05, 0) is 66.6 Å². The average molecular weight is 373 g/mol. The second kappa shape index (κ2) is 7.33. The Hall–Kier alpha value is -2.24. The van der Waals surface area contributed by atoms with Gasteiger partial charge < -0.3 is 10.1 Å². The lowest BCUT2D eigenvalue weighted by molar-refractivity contribution is -0.115. The summed E-state index contributed by atoms with van der Waals surface area (Å²) in [6.45, 7) is 3.91. The molecule has 0 spiro atoms. The number of nitrogens with one attached hydrogen (secondary N) is 1. The lowest BCUT2D eigenvalue weighted by Crippen LogP contribution is -2.19. The number of aryl methyl sites for hydroxylation is 2. The summed E-state index contributed by atoms with van der Waals surface area (Å²) in [6, 6.07) is 11.4. The van der Waals surface area contributed by atoms with Crippen molar-refractivity contribution in [2.45, 2.75) is 13.8 Å². The molecular formula is C19H17ClN2O2S. The molecule has 128 valence electrons. The Morgan fingerprint density at radius 3 is 2.64 bits per heavy atom. The Morgan fingerprint density at radius 1 is 1.16 bits per heavy atom. The number of hydrogen-bond donors (Lipinski definition) is 1. The molecule has 0 unspecified atom stereocenters. The smallest absolute Gasteiger partial charge is 0.264 e. The van der Waals surface area contributed by atoms with Gasteiger partial charge in [0.15, 0.2) is 5.17 Å². The molecule has 4 nitrogen and oxygen atoms in total. The van der Waals surface area contributed by atoms with Crippen LogP contribution in [-0.2, 0) is 4.79 Å². The van der Waals surface area contributed by atoms with Crippen molar-refractivity contribution < 1.29 is 9.53 Å². The lowest BCUT2D eigenvalue weighted by atomic mass is 10.1. The van der Waals surface area contributed by atoms with E-state index in [0.29, 0.717) is 20.8 Å². The van der Waals surface area contributed by atoms with Crippen LogP contribution in [0.5, 0.6) is 5.75 Å². The summed E-state index contributed by atoms with van der Waals surface area (Å²) >= 11 is 7.42. The SMILES string of the molecule is COc1cc(/C=C2\SC(=Nc3ccc(C)c(Cl)c3)NC2=O)ccc1C. The molecule has 1 aliphatic rings. The Labute approximate surface area is 155 Å². The summed E-state index contributed by atoms with van der Waals surface area (Å²) in [5.41, 5.74) is 3.64. The average Bonchev–Trinajstić information content (AvgIpc) is 2.92. The maximum atomic E-state index is 12.2. The summed E-state index contributed by atoms with van der Waals surface area (Å²) in [7, 11) is 1.63. The van der Waals surface area contributed by atoms with E-state index in [1.807, 2.05) is 50.3 Å². The third kappa shape index (κ3) is 4.06. The number of amidine groups is 1. The van der Waals surface area contributed by atoms with Crippen molar-refractivity contribution in [3.8, 4) is 5.75 Å². The third-order valence-electron chi connectivity index (χ3n) is 3.77. The van der Waals surface area contributed by atoms with Gasteiger partial charge in [0.05, 0.1) is 17.7 Å². The molecule has 0 aromatic heterocycles. The number of halogens is 1. The van der Waals surface area contributed by atoms with E-state index in [0.717, 1.165) is 22.4 Å². The number of hydrogen-bond acceptors (Lipinski definition) is 4. The zero-order valence-corrected chi connectivity index (χ0v) is 15.7. The van der Waals surface area contributed by atoms with Crippen LogP contribution in [0.3, 0.4) is 0 Å². The molecule has 1 N–H and O–H groups in total. The van der Waals surface area contributed by atoms with Crippen LogP contribution in [0.25, 0.3) is 6.08 Å². The molecule has 1 aliphatic heterocycles. The van der Waals surface area contributed by atoms with E-state index in [9.17, 15) is 4.79 Å². The number of carbonyl (C=O) groups excluding carboxylic acids is 1. The highest BCUT2D eigenvalue weighted by atomic mass is 35.5. The van der Waals surface area contributed by atoms with Crippen LogP contribution in [0, 0.1) is 13.8 Å². The fourth-order valence-electron chi connectivity index (χ4n) is 2.33. The molecule has 0 radical (unpaired) electrons. The number of aliphatic imine (C=N–C) groups is 1. The van der Waals surface area contributed by atoms with Gasteiger partial charge in [0.25, 0.3) is 5.91 Å². The van der Waals surface area contributed by atoms with Gasteiger partial charge in [-0.25, -0.2) is 4.99 Å². The molecule has 1 saturated heterocycles. The molecule has 1 fully saturated rings. The molecule has 6 heteroatoms. The summed E-state index contributed by atoms with van der Waals surface area (Å²) in [5.74, 6) is 0.627. The second-order valence-electron chi connectivity index (χ2n) is 5.64. The first kappa shape index (κ1) is 17.6. The molecule has 25 heavy (non-hydrogen) atoms. The number of rotatable bonds is 3. The van der Waals surface area contributed by atoms with Gasteiger partial charge >= 0.3 is 0 Å². The maximum Gasteiger partial charge on any atom is 0.264 e. The minimum Gasteiger partial charge on any atom is -0.496 e. The highest BCUT2D eigenvalue weighted by Crippen LogP contribution is 2.30. The zero-order chi connectivity index (χ0) is 18.0. The van der Waals surface area contributed by atoms with Crippen LogP contribution >= 0.6 is 23.4 Å². The first-order valence-electron chi connectivity index (χ1n) is 7.66. The number of thioether (sulfide) groups is 1. The molecule has 1 amide bonds. The molecule has 1 heterocycles. The van der Waals surface area contributed by atoms with Gasteiger partial charge in [-0.1, -0.05) is 29.8 Å². The van der Waals surface area contributed by atoms with Crippen LogP contribution in [0.2, 0.25) is 5.02 Å². The summed E-state index contributed by atoms with van der Waals surface area (Å²) in [5, 5.41) is 3.97. The highest BCUT2D eigenvalue weighted by Gasteiger charge is 2.23. The zero-order valence-electron chi connectivity index (χ0n) is 14.1. The predicted octanol–water partition coefficient (Wildman–Crippen LogP) is 4.86. The van der Waals surface area contributed by atoms with Gasteiger partial charge in [-0.2, -0.15) is 0 Å². The van der Waals surface area contributed by atoms with E-state index in [2.05, 4.69) is 10.3 Å². The van der Waals surface area contributed by atoms with E-state index in [1.54, 1.807) is 13.2 Å². The van der Waals surface area contributed by atoms with Crippen molar-refractivity contribution in [2.24, 2.45) is 4.99 Å². The monoisotopic (exact) mass is 372 g/mol. The van der Waals surface area contributed by atoms with E-state index in [1.165, 1.54) is 11.8 Å². The molecule has 2 aromatic carbocycles. The molecule has 0 bridgehead atoms. The number of amides is 1. The van der Waals surface area contributed by atoms with E-state index in [-0.39, 0.29) is 5.91 Å². The number of methoxy groups -OCH3 is 1. The molecule has 0 saturated carbocycles. The first-order valence-corrected chi connectivity index (χ1v) is 8.86. The Kier molecular flexibility index (Phi) is 5.16. The summed E-state index contributed by atoms with van der Waals surface area (Å²) in [4.78, 5) is 17.2. The molecule has 0 aliphatic carbocycles. The minimum absolute atomic E-state index is 0.165. The molecule has 3 rings (SSSR count). The largest absolute Gasteiger partial charge is 0.496 e. The number of carbonyl (C=O) groups is 1. The van der Waals surface area contributed by atoms with Crippen molar-refractivity contribution >= 4 is 46.2 Å². The fourth-order valence-corrected chi connectivity index (χ4v) is 3.34. The van der Waals surface area contributed by atoms with Crippen LogP contribution in [0.4, 0.5) is 5.69 Å². The topological polar surface area (TPSA) is 50.7 Å². The van der Waals surface area contributed by atoms with Crippen molar-refractivity contribution in [1.82, 2.24) is 5.32 Å². The van der Waals surface area contributed by atoms with Crippen LogP contribution in [-0.4, -0.2) is 18.2 Å². The van der Waals surface area contributed by atoms with Gasteiger partial charge in [0.1, 0.15) is 5.75 Å². The standard InChI is InChI=1S/C19H17ClN2O2S/c1-11-5-7-14(10-15(11)20)21-19-22-18(23)17(25-19)9-13-6-4-12(2)16(8-13)24-3/h4-10H,1-3H3,(H,21,22,23)/b17-9-. The third-order valence-corrected chi connectivity index (χ3v) is 5.08. The fraction of sp³-hybridized carbons (Fsp3) is 0.158. The van der Waals surface area contributed by atoms with Gasteiger partial charge in [-0.15, -0.1) is 0 Å².